The van der Waals surface area contributed by atoms with Crippen LogP contribution in [0.1, 0.15) is 62.8 Å². The first-order valence-electron chi connectivity index (χ1n) is 13.5. The fraction of sp³-hybridized carbons (Fsp3) is 0.448. The Hall–Kier alpha value is -3.52. The van der Waals surface area contributed by atoms with Crippen molar-refractivity contribution in [1.82, 2.24) is 34.5 Å². The van der Waals surface area contributed by atoms with E-state index in [-0.39, 0.29) is 6.04 Å². The molecule has 0 radical (unpaired) electrons. The summed E-state index contributed by atoms with van der Waals surface area (Å²) < 4.78 is 2.04. The van der Waals surface area contributed by atoms with Gasteiger partial charge in [0, 0.05) is 74.3 Å². The lowest BCUT2D eigenvalue weighted by Gasteiger charge is -2.38. The minimum atomic E-state index is 0.281. The van der Waals surface area contributed by atoms with Crippen LogP contribution in [-0.2, 0) is 11.2 Å². The number of imidazole rings is 1. The molecule has 4 heterocycles. The van der Waals surface area contributed by atoms with Gasteiger partial charge in [0.05, 0.1) is 16.7 Å². The summed E-state index contributed by atoms with van der Waals surface area (Å²) in [7, 11) is 0. The van der Waals surface area contributed by atoms with Gasteiger partial charge in [0.15, 0.2) is 0 Å². The number of benzene rings is 1. The number of aromatic nitrogens is 5. The number of H-pyrrole nitrogens is 1. The van der Waals surface area contributed by atoms with E-state index in [1.807, 2.05) is 17.1 Å². The van der Waals surface area contributed by atoms with Crippen molar-refractivity contribution in [3.8, 4) is 11.3 Å². The zero-order valence-electron chi connectivity index (χ0n) is 21.9. The molecule has 1 saturated carbocycles. The molecule has 6 rings (SSSR count). The van der Waals surface area contributed by atoms with Gasteiger partial charge >= 0.3 is 0 Å². The third-order valence-electron chi connectivity index (χ3n) is 7.76. The number of aromatic amines is 1. The summed E-state index contributed by atoms with van der Waals surface area (Å²) in [6.45, 7) is 10.0. The van der Waals surface area contributed by atoms with Crippen LogP contribution in [0.25, 0.3) is 22.3 Å². The van der Waals surface area contributed by atoms with Crippen molar-refractivity contribution in [2.45, 2.75) is 52.1 Å². The molecule has 4 aromatic rings. The first-order valence-corrected chi connectivity index (χ1v) is 13.5. The van der Waals surface area contributed by atoms with Crippen LogP contribution in [0.4, 0.5) is 0 Å². The van der Waals surface area contributed by atoms with Crippen LogP contribution in [0.2, 0.25) is 0 Å². The Kier molecular flexibility index (Phi) is 6.28. The van der Waals surface area contributed by atoms with Crippen LogP contribution in [-0.4, -0.2) is 66.6 Å². The largest absolute Gasteiger partial charge is 0.342 e. The standard InChI is InChI=1S/C29H35N7O/c1-19(2)36-27(9-11-31-36)23-6-7-25-26(17-23)33-28(32-25)18-24-16-22(8-10-30-24)20(3)34-12-14-35(15-13-34)29(37)21-4-5-21/h6-11,16-17,19-21H,4-5,12-15,18H2,1-3H3,(H,32,33). The highest BCUT2D eigenvalue weighted by molar-refractivity contribution is 5.81. The third-order valence-corrected chi connectivity index (χ3v) is 7.76. The zero-order valence-corrected chi connectivity index (χ0v) is 21.9. The van der Waals surface area contributed by atoms with Crippen molar-refractivity contribution in [3.63, 3.8) is 0 Å². The van der Waals surface area contributed by atoms with Crippen LogP contribution in [0.5, 0.6) is 0 Å². The number of pyridine rings is 1. The number of carbonyl (C=O) groups excluding carboxylic acids is 1. The van der Waals surface area contributed by atoms with E-state index in [4.69, 9.17) is 4.98 Å². The smallest absolute Gasteiger partial charge is 0.225 e. The van der Waals surface area contributed by atoms with E-state index in [2.05, 4.69) is 82.0 Å². The van der Waals surface area contributed by atoms with E-state index in [9.17, 15) is 4.79 Å². The van der Waals surface area contributed by atoms with Gasteiger partial charge in [-0.2, -0.15) is 5.10 Å². The molecule has 1 aromatic carbocycles. The predicted molar refractivity (Wildman–Crippen MR) is 144 cm³/mol. The molecular weight excluding hydrogens is 462 g/mol. The van der Waals surface area contributed by atoms with E-state index in [1.165, 1.54) is 5.56 Å². The Labute approximate surface area is 217 Å². The van der Waals surface area contributed by atoms with Gasteiger partial charge in [0.2, 0.25) is 5.91 Å². The van der Waals surface area contributed by atoms with Gasteiger partial charge in [-0.25, -0.2) is 4.98 Å². The summed E-state index contributed by atoms with van der Waals surface area (Å²) in [5.74, 6) is 1.58. The highest BCUT2D eigenvalue weighted by Crippen LogP contribution is 2.32. The summed E-state index contributed by atoms with van der Waals surface area (Å²) in [4.78, 5) is 29.9. The monoisotopic (exact) mass is 497 g/mol. The molecule has 0 bridgehead atoms. The van der Waals surface area contributed by atoms with Crippen LogP contribution in [0, 0.1) is 5.92 Å². The van der Waals surface area contributed by atoms with Crippen LogP contribution in [0.3, 0.4) is 0 Å². The molecular formula is C29H35N7O. The second kappa shape index (κ2) is 9.74. The van der Waals surface area contributed by atoms with Gasteiger partial charge < -0.3 is 9.88 Å². The number of fused-ring (bicyclic) bond motifs is 1. The number of nitrogens with one attached hydrogen (secondary N) is 1. The van der Waals surface area contributed by atoms with Gasteiger partial charge in [-0.1, -0.05) is 6.07 Å². The number of amides is 1. The minimum Gasteiger partial charge on any atom is -0.342 e. The molecule has 37 heavy (non-hydrogen) atoms. The second-order valence-electron chi connectivity index (χ2n) is 10.7. The first-order chi connectivity index (χ1) is 18.0. The summed E-state index contributed by atoms with van der Waals surface area (Å²) in [6.07, 6.45) is 6.56. The van der Waals surface area contributed by atoms with Crippen molar-refractivity contribution in [1.29, 1.82) is 0 Å². The van der Waals surface area contributed by atoms with Gasteiger partial charge in [0.1, 0.15) is 5.82 Å². The van der Waals surface area contributed by atoms with Crippen molar-refractivity contribution in [2.24, 2.45) is 5.92 Å². The number of piperazine rings is 1. The summed E-state index contributed by atoms with van der Waals surface area (Å²) in [5.41, 5.74) is 6.47. The molecule has 1 atom stereocenters. The average molecular weight is 498 g/mol. The molecule has 1 aliphatic heterocycles. The molecule has 192 valence electrons. The van der Waals surface area contributed by atoms with Crippen molar-refractivity contribution in [2.75, 3.05) is 26.2 Å². The molecule has 8 nitrogen and oxygen atoms in total. The molecule has 1 aliphatic carbocycles. The maximum Gasteiger partial charge on any atom is 0.225 e. The van der Waals surface area contributed by atoms with E-state index >= 15 is 0 Å². The lowest BCUT2D eigenvalue weighted by molar-refractivity contribution is -0.134. The molecule has 2 aliphatic rings. The number of rotatable bonds is 7. The van der Waals surface area contributed by atoms with E-state index in [0.717, 1.165) is 72.8 Å². The number of hydrogen-bond donors (Lipinski definition) is 1. The fourth-order valence-corrected chi connectivity index (χ4v) is 5.41. The number of carbonyl (C=O) groups is 1. The number of nitrogens with zero attached hydrogens (tertiary/aromatic N) is 6. The molecule has 3 aromatic heterocycles. The SMILES string of the molecule is CC(c1ccnc(Cc2nc3ccc(-c4ccnn4C(C)C)cc3[nH]2)c1)N1CCN(C(=O)C2CC2)CC1. The van der Waals surface area contributed by atoms with E-state index in [0.29, 0.717) is 24.3 Å². The van der Waals surface area contributed by atoms with Crippen molar-refractivity contribution < 1.29 is 4.79 Å². The quantitative estimate of drug-likeness (QED) is 0.403. The first kappa shape index (κ1) is 23.9. The Bertz CT molecular complexity index is 1410. The fourth-order valence-electron chi connectivity index (χ4n) is 5.41. The molecule has 0 spiro atoms. The Morgan fingerprint density at radius 3 is 2.59 bits per heavy atom. The summed E-state index contributed by atoms with van der Waals surface area (Å²) >= 11 is 0. The zero-order chi connectivity index (χ0) is 25.5. The molecule has 1 unspecified atom stereocenters. The van der Waals surface area contributed by atoms with E-state index in [1.54, 1.807) is 0 Å². The highest BCUT2D eigenvalue weighted by atomic mass is 16.2. The minimum absolute atomic E-state index is 0.281. The maximum atomic E-state index is 12.4. The topological polar surface area (TPSA) is 82.9 Å². The Morgan fingerprint density at radius 2 is 1.84 bits per heavy atom. The number of hydrogen-bond acceptors (Lipinski definition) is 5. The lowest BCUT2D eigenvalue weighted by atomic mass is 10.1. The molecule has 1 N–H and O–H groups in total. The lowest BCUT2D eigenvalue weighted by Crippen LogP contribution is -2.49. The Balaban J connectivity index is 1.14. The molecule has 8 heteroatoms. The molecule has 1 amide bonds. The normalized spacial score (nSPS) is 17.6. The molecule has 1 saturated heterocycles. The molecule has 2 fully saturated rings. The van der Waals surface area contributed by atoms with Crippen molar-refractivity contribution in [3.05, 3.63) is 65.9 Å². The van der Waals surface area contributed by atoms with Gasteiger partial charge in [-0.15, -0.1) is 0 Å². The van der Waals surface area contributed by atoms with Gasteiger partial charge in [-0.05, 0) is 69.5 Å². The third kappa shape index (κ3) is 4.90. The average Bonchev–Trinajstić information content (AvgIpc) is 3.49. The summed E-state index contributed by atoms with van der Waals surface area (Å²) in [6, 6.07) is 13.3. The van der Waals surface area contributed by atoms with Crippen LogP contribution < -0.4 is 0 Å². The highest BCUT2D eigenvalue weighted by Gasteiger charge is 2.35. The second-order valence-corrected chi connectivity index (χ2v) is 10.7. The van der Waals surface area contributed by atoms with E-state index < -0.39 is 0 Å². The summed E-state index contributed by atoms with van der Waals surface area (Å²) in [5, 5.41) is 4.47. The maximum absolute atomic E-state index is 12.4. The van der Waals surface area contributed by atoms with Gasteiger partial charge in [0.25, 0.3) is 0 Å². The van der Waals surface area contributed by atoms with Crippen LogP contribution in [0.15, 0.2) is 48.8 Å². The van der Waals surface area contributed by atoms with Crippen molar-refractivity contribution >= 4 is 16.9 Å². The van der Waals surface area contributed by atoms with Gasteiger partial charge in [-0.3, -0.25) is 19.4 Å². The predicted octanol–water partition coefficient (Wildman–Crippen LogP) is 4.61. The Morgan fingerprint density at radius 1 is 1.03 bits per heavy atom. The van der Waals surface area contributed by atoms with Crippen LogP contribution >= 0.6 is 0 Å².